The lowest BCUT2D eigenvalue weighted by molar-refractivity contribution is -0.870. The van der Waals surface area contributed by atoms with Crippen LogP contribution in [0.3, 0.4) is 0 Å². The number of quaternary nitrogens is 1. The molecular weight excluding hydrogens is 469 g/mol. The molecular formula is C11H16ClF11N2O2S. The molecule has 172 valence electrons. The highest BCUT2D eigenvalue weighted by atomic mass is 35.5. The number of sulfonamides is 1. The first kappa shape index (κ1) is 29.6. The number of nitrogens with one attached hydrogen (secondary N) is 1. The summed E-state index contributed by atoms with van der Waals surface area (Å²) in [5, 5.41) is -6.98. The first-order valence-electron chi connectivity index (χ1n) is 6.83. The standard InChI is InChI=1S/C11H16F11N2O2S.ClH/c1-24(2,3)6-4-5-23-27(25,26)11(21,22)9(16,17)7(12,13)8(14,15)10(18,19)20;/h23H,4-6H2,1-3H3;1H/q+1;/p-1. The van der Waals surface area contributed by atoms with Gasteiger partial charge in [0.2, 0.25) is 0 Å². The minimum atomic E-state index is -7.77. The zero-order valence-electron chi connectivity index (χ0n) is 14.3. The molecule has 0 amide bonds. The third-order valence-corrected chi connectivity index (χ3v) is 4.66. The normalized spacial score (nSPS) is 15.4. The monoisotopic (exact) mass is 484 g/mol. The zero-order chi connectivity index (χ0) is 22.3. The molecule has 17 heteroatoms. The van der Waals surface area contributed by atoms with Crippen LogP contribution in [0.1, 0.15) is 6.42 Å². The summed E-state index contributed by atoms with van der Waals surface area (Å²) in [5.41, 5.74) is 0. The lowest BCUT2D eigenvalue weighted by atomic mass is 10.0. The van der Waals surface area contributed by atoms with E-state index in [9.17, 15) is 56.7 Å². The van der Waals surface area contributed by atoms with Crippen LogP contribution in [0.5, 0.6) is 0 Å². The molecule has 4 nitrogen and oxygen atoms in total. The van der Waals surface area contributed by atoms with E-state index >= 15 is 0 Å². The minimum absolute atomic E-state index is 0. The second kappa shape index (κ2) is 8.26. The van der Waals surface area contributed by atoms with Gasteiger partial charge in [0.25, 0.3) is 10.0 Å². The van der Waals surface area contributed by atoms with Crippen LogP contribution in [-0.2, 0) is 10.0 Å². The van der Waals surface area contributed by atoms with Gasteiger partial charge < -0.3 is 16.9 Å². The molecule has 0 aliphatic heterocycles. The van der Waals surface area contributed by atoms with Crippen molar-refractivity contribution < 1.29 is 73.6 Å². The minimum Gasteiger partial charge on any atom is -1.00 e. The van der Waals surface area contributed by atoms with E-state index in [-0.39, 0.29) is 29.9 Å². The Bertz CT molecular complexity index is 629. The smallest absolute Gasteiger partial charge is 0.460 e. The van der Waals surface area contributed by atoms with Crippen LogP contribution in [0.2, 0.25) is 0 Å². The summed E-state index contributed by atoms with van der Waals surface area (Å²) >= 11 is 0. The van der Waals surface area contributed by atoms with E-state index in [2.05, 4.69) is 0 Å². The van der Waals surface area contributed by atoms with E-state index in [1.807, 2.05) is 0 Å². The molecule has 0 atom stereocenters. The van der Waals surface area contributed by atoms with Crippen LogP contribution in [0, 0.1) is 0 Å². The molecule has 0 radical (unpaired) electrons. The second-order valence-corrected chi connectivity index (χ2v) is 8.31. The maximum absolute atomic E-state index is 13.5. The first-order chi connectivity index (χ1) is 11.5. The van der Waals surface area contributed by atoms with Crippen LogP contribution in [0.15, 0.2) is 0 Å². The van der Waals surface area contributed by atoms with Crippen molar-refractivity contribution >= 4 is 10.0 Å². The van der Waals surface area contributed by atoms with E-state index in [4.69, 9.17) is 0 Å². The molecule has 1 N–H and O–H groups in total. The fourth-order valence-corrected chi connectivity index (χ4v) is 2.64. The molecule has 0 fully saturated rings. The van der Waals surface area contributed by atoms with Gasteiger partial charge in [-0.3, -0.25) is 0 Å². The molecule has 0 aliphatic rings. The number of rotatable bonds is 9. The van der Waals surface area contributed by atoms with Crippen LogP contribution < -0.4 is 17.1 Å². The Balaban J connectivity index is 0. The van der Waals surface area contributed by atoms with E-state index < -0.39 is 45.8 Å². The summed E-state index contributed by atoms with van der Waals surface area (Å²) in [5.74, 6) is -23.0. The number of halogens is 12. The van der Waals surface area contributed by atoms with Crippen molar-refractivity contribution in [2.45, 2.75) is 35.6 Å². The molecule has 0 bridgehead atoms. The van der Waals surface area contributed by atoms with Crippen molar-refractivity contribution in [3.63, 3.8) is 0 Å². The highest BCUT2D eigenvalue weighted by Gasteiger charge is 2.89. The summed E-state index contributed by atoms with van der Waals surface area (Å²) in [6.45, 7) is -0.891. The third-order valence-electron chi connectivity index (χ3n) is 3.15. The average molecular weight is 485 g/mol. The summed E-state index contributed by atoms with van der Waals surface area (Å²) in [6, 6.07) is 0. The Morgan fingerprint density at radius 2 is 1.14 bits per heavy atom. The highest BCUT2D eigenvalue weighted by Crippen LogP contribution is 2.58. The molecule has 0 aromatic heterocycles. The number of hydrogen-bond acceptors (Lipinski definition) is 2. The van der Waals surface area contributed by atoms with Gasteiger partial charge in [0.15, 0.2) is 0 Å². The third kappa shape index (κ3) is 5.30. The summed E-state index contributed by atoms with van der Waals surface area (Å²) in [7, 11) is -2.05. The Morgan fingerprint density at radius 1 is 0.750 bits per heavy atom. The van der Waals surface area contributed by atoms with Gasteiger partial charge in [0.05, 0.1) is 27.7 Å². The topological polar surface area (TPSA) is 46.2 Å². The van der Waals surface area contributed by atoms with Crippen LogP contribution >= 0.6 is 0 Å². The molecule has 0 aliphatic carbocycles. The molecule has 0 saturated carbocycles. The fraction of sp³-hybridized carbons (Fsp3) is 1.00. The van der Waals surface area contributed by atoms with Crippen LogP contribution in [0.4, 0.5) is 48.3 Å². The van der Waals surface area contributed by atoms with E-state index in [1.54, 1.807) is 21.1 Å². The average Bonchev–Trinajstić information content (AvgIpc) is 2.40. The van der Waals surface area contributed by atoms with Crippen molar-refractivity contribution in [3.05, 3.63) is 0 Å². The number of nitrogens with zero attached hydrogens (tertiary/aromatic N) is 1. The largest absolute Gasteiger partial charge is 1.00 e. The van der Waals surface area contributed by atoms with Crippen LogP contribution in [-0.4, -0.2) is 76.3 Å². The predicted octanol–water partition coefficient (Wildman–Crippen LogP) is 0.0671. The van der Waals surface area contributed by atoms with Crippen molar-refractivity contribution in [1.29, 1.82) is 0 Å². The number of alkyl halides is 11. The molecule has 0 aromatic rings. The van der Waals surface area contributed by atoms with Gasteiger partial charge in [-0.05, 0) is 0 Å². The quantitative estimate of drug-likeness (QED) is 0.286. The van der Waals surface area contributed by atoms with Crippen molar-refractivity contribution in [3.8, 4) is 0 Å². The van der Waals surface area contributed by atoms with Crippen molar-refractivity contribution in [1.82, 2.24) is 4.72 Å². The van der Waals surface area contributed by atoms with Gasteiger partial charge >= 0.3 is 29.2 Å². The van der Waals surface area contributed by atoms with Gasteiger partial charge in [0, 0.05) is 13.0 Å². The summed E-state index contributed by atoms with van der Waals surface area (Å²) in [4.78, 5) is 0. The predicted molar refractivity (Wildman–Crippen MR) is 70.3 cm³/mol. The van der Waals surface area contributed by atoms with Gasteiger partial charge in [0.1, 0.15) is 0 Å². The maximum Gasteiger partial charge on any atom is 0.460 e. The van der Waals surface area contributed by atoms with E-state index in [1.165, 1.54) is 0 Å². The Hall–Kier alpha value is -0.610. The van der Waals surface area contributed by atoms with Gasteiger partial charge in [-0.1, -0.05) is 0 Å². The molecule has 0 rings (SSSR count). The molecule has 28 heavy (non-hydrogen) atoms. The lowest BCUT2D eigenvalue weighted by Gasteiger charge is -2.36. The SMILES string of the molecule is C[N+](C)(C)CCCNS(=O)(=O)C(F)(F)C(F)(F)C(F)(F)C(F)(F)C(F)(F)F.[Cl-]. The van der Waals surface area contributed by atoms with E-state index in [0.717, 1.165) is 4.72 Å². The van der Waals surface area contributed by atoms with Crippen molar-refractivity contribution in [2.24, 2.45) is 0 Å². The van der Waals surface area contributed by atoms with Gasteiger partial charge in [-0.25, -0.2) is 13.1 Å². The van der Waals surface area contributed by atoms with Gasteiger partial charge in [-0.2, -0.15) is 48.3 Å². The Kier molecular flexibility index (Phi) is 8.73. The second-order valence-electron chi connectivity index (χ2n) is 6.50. The molecule has 0 saturated heterocycles. The first-order valence-corrected chi connectivity index (χ1v) is 8.31. The summed E-state index contributed by atoms with van der Waals surface area (Å²) in [6.07, 6.45) is -7.61. The van der Waals surface area contributed by atoms with Crippen LogP contribution in [0.25, 0.3) is 0 Å². The van der Waals surface area contributed by atoms with E-state index in [0.29, 0.717) is 0 Å². The Labute approximate surface area is 159 Å². The molecule has 0 aromatic carbocycles. The molecule has 0 spiro atoms. The lowest BCUT2D eigenvalue weighted by Crippen LogP contribution is -3.00. The fourth-order valence-electron chi connectivity index (χ4n) is 1.58. The highest BCUT2D eigenvalue weighted by molar-refractivity contribution is 7.90. The summed E-state index contributed by atoms with van der Waals surface area (Å²) < 4.78 is 164. The zero-order valence-corrected chi connectivity index (χ0v) is 15.9. The van der Waals surface area contributed by atoms with Crippen molar-refractivity contribution in [2.75, 3.05) is 34.2 Å². The maximum atomic E-state index is 13.5. The number of hydrogen-bond donors (Lipinski definition) is 1. The Morgan fingerprint density at radius 3 is 1.46 bits per heavy atom. The molecule has 0 heterocycles. The van der Waals surface area contributed by atoms with Gasteiger partial charge in [-0.15, -0.1) is 0 Å². The molecule has 0 unspecified atom stereocenters.